The lowest BCUT2D eigenvalue weighted by Crippen LogP contribution is -2.27. The van der Waals surface area contributed by atoms with E-state index in [2.05, 4.69) is 5.32 Å². The lowest BCUT2D eigenvalue weighted by molar-refractivity contribution is -0.120. The predicted octanol–water partition coefficient (Wildman–Crippen LogP) is 2.32. The lowest BCUT2D eigenvalue weighted by Gasteiger charge is -2.05. The van der Waals surface area contributed by atoms with E-state index in [0.717, 1.165) is 0 Å². The third-order valence-corrected chi connectivity index (χ3v) is 2.59. The number of furan rings is 1. The molecule has 2 rings (SSSR count). The van der Waals surface area contributed by atoms with Crippen molar-refractivity contribution >= 4 is 5.91 Å². The van der Waals surface area contributed by atoms with Gasteiger partial charge in [0.15, 0.2) is 0 Å². The maximum Gasteiger partial charge on any atom is 0.227 e. The van der Waals surface area contributed by atoms with E-state index in [9.17, 15) is 9.18 Å². The fraction of sp³-hybridized carbons (Fsp3) is 0.214. The van der Waals surface area contributed by atoms with E-state index in [1.165, 1.54) is 12.3 Å². The van der Waals surface area contributed by atoms with Gasteiger partial charge in [0.1, 0.15) is 11.6 Å². The summed E-state index contributed by atoms with van der Waals surface area (Å²) in [5.41, 5.74) is 0.607. The van der Waals surface area contributed by atoms with Gasteiger partial charge in [-0.05, 0) is 30.2 Å². The van der Waals surface area contributed by atoms with Gasteiger partial charge < -0.3 is 9.73 Å². The van der Waals surface area contributed by atoms with Crippen LogP contribution in [0, 0.1) is 5.82 Å². The first kappa shape index (κ1) is 12.4. The second kappa shape index (κ2) is 6.00. The molecule has 0 aliphatic carbocycles. The van der Waals surface area contributed by atoms with Crippen molar-refractivity contribution < 1.29 is 13.6 Å². The highest BCUT2D eigenvalue weighted by Crippen LogP contribution is 2.06. The Morgan fingerprint density at radius 3 is 2.78 bits per heavy atom. The van der Waals surface area contributed by atoms with Gasteiger partial charge in [-0.1, -0.05) is 18.2 Å². The number of hydrogen-bond donors (Lipinski definition) is 1. The molecule has 1 heterocycles. The van der Waals surface area contributed by atoms with E-state index < -0.39 is 0 Å². The molecule has 1 aromatic heterocycles. The Kier molecular flexibility index (Phi) is 4.12. The summed E-state index contributed by atoms with van der Waals surface area (Å²) in [6.07, 6.45) is 2.22. The summed E-state index contributed by atoms with van der Waals surface area (Å²) in [7, 11) is 0. The van der Waals surface area contributed by atoms with Crippen LogP contribution in [0.1, 0.15) is 11.3 Å². The van der Waals surface area contributed by atoms with Crippen LogP contribution in [0.15, 0.2) is 47.1 Å². The average Bonchev–Trinajstić information content (AvgIpc) is 2.84. The zero-order valence-electron chi connectivity index (χ0n) is 9.86. The van der Waals surface area contributed by atoms with Crippen molar-refractivity contribution in [1.82, 2.24) is 5.32 Å². The molecule has 0 radical (unpaired) electrons. The molecule has 1 N–H and O–H groups in total. The van der Waals surface area contributed by atoms with Crippen molar-refractivity contribution in [2.45, 2.75) is 12.8 Å². The molecule has 0 aliphatic rings. The zero-order chi connectivity index (χ0) is 12.8. The smallest absolute Gasteiger partial charge is 0.227 e. The van der Waals surface area contributed by atoms with Gasteiger partial charge in [-0.3, -0.25) is 4.79 Å². The number of hydrogen-bond acceptors (Lipinski definition) is 2. The first-order valence-corrected chi connectivity index (χ1v) is 5.78. The van der Waals surface area contributed by atoms with Crippen molar-refractivity contribution in [3.05, 3.63) is 59.8 Å². The number of carbonyl (C=O) groups excluding carboxylic acids is 1. The Morgan fingerprint density at radius 2 is 2.06 bits per heavy atom. The highest BCUT2D eigenvalue weighted by atomic mass is 19.1. The molecular formula is C14H14FNO2. The Balaban J connectivity index is 1.75. The van der Waals surface area contributed by atoms with E-state index in [1.54, 1.807) is 30.3 Å². The van der Waals surface area contributed by atoms with E-state index in [1.807, 2.05) is 0 Å². The Morgan fingerprint density at radius 1 is 1.22 bits per heavy atom. The maximum atomic E-state index is 13.3. The maximum absolute atomic E-state index is 13.3. The van der Waals surface area contributed by atoms with Crippen LogP contribution >= 0.6 is 0 Å². The topological polar surface area (TPSA) is 42.2 Å². The molecule has 18 heavy (non-hydrogen) atoms. The number of halogens is 1. The largest absolute Gasteiger partial charge is 0.469 e. The third-order valence-electron chi connectivity index (χ3n) is 2.59. The van der Waals surface area contributed by atoms with E-state index >= 15 is 0 Å². The van der Waals surface area contributed by atoms with Crippen LogP contribution in [-0.4, -0.2) is 12.5 Å². The summed E-state index contributed by atoms with van der Waals surface area (Å²) < 4.78 is 18.4. The molecule has 94 valence electrons. The minimum atomic E-state index is -0.238. The van der Waals surface area contributed by atoms with Gasteiger partial charge >= 0.3 is 0 Å². The molecule has 0 atom stereocenters. The number of benzene rings is 1. The summed E-state index contributed by atoms with van der Waals surface area (Å²) in [4.78, 5) is 11.5. The van der Waals surface area contributed by atoms with Crippen LogP contribution < -0.4 is 5.32 Å². The second-order valence-corrected chi connectivity index (χ2v) is 3.95. The fourth-order valence-electron chi connectivity index (χ4n) is 1.67. The van der Waals surface area contributed by atoms with Gasteiger partial charge in [-0.15, -0.1) is 0 Å². The monoisotopic (exact) mass is 247 g/mol. The summed E-state index contributed by atoms with van der Waals surface area (Å²) in [6.45, 7) is 0.417. The molecule has 1 amide bonds. The Bertz CT molecular complexity index is 508. The molecule has 1 aromatic carbocycles. The van der Waals surface area contributed by atoms with Crippen molar-refractivity contribution in [2.24, 2.45) is 0 Å². The van der Waals surface area contributed by atoms with Crippen LogP contribution in [0.2, 0.25) is 0 Å². The summed E-state index contributed by atoms with van der Waals surface area (Å²) in [6, 6.07) is 10.0. The number of nitrogens with one attached hydrogen (secondary N) is 1. The van der Waals surface area contributed by atoms with Crippen LogP contribution in [0.3, 0.4) is 0 Å². The number of rotatable bonds is 5. The number of carbonyl (C=O) groups is 1. The second-order valence-electron chi connectivity index (χ2n) is 3.95. The minimum absolute atomic E-state index is 0.124. The number of amides is 1. The lowest BCUT2D eigenvalue weighted by atomic mass is 10.1. The molecule has 4 heteroatoms. The van der Waals surface area contributed by atoms with Crippen molar-refractivity contribution in [3.63, 3.8) is 0 Å². The van der Waals surface area contributed by atoms with Crippen molar-refractivity contribution in [3.8, 4) is 0 Å². The SMILES string of the molecule is O=C(Cc1ccco1)NCCc1ccccc1F. The first-order chi connectivity index (χ1) is 8.75. The van der Waals surface area contributed by atoms with Gasteiger partial charge in [0.2, 0.25) is 5.91 Å². The van der Waals surface area contributed by atoms with E-state index in [-0.39, 0.29) is 18.1 Å². The normalized spacial score (nSPS) is 10.3. The zero-order valence-corrected chi connectivity index (χ0v) is 9.86. The highest BCUT2D eigenvalue weighted by Gasteiger charge is 2.05. The van der Waals surface area contributed by atoms with Crippen LogP contribution in [0.4, 0.5) is 4.39 Å². The Hall–Kier alpha value is -2.10. The third kappa shape index (κ3) is 3.45. The van der Waals surface area contributed by atoms with Crippen LogP contribution in [0.25, 0.3) is 0 Å². The summed E-state index contributed by atoms with van der Waals surface area (Å²) in [5, 5.41) is 2.73. The molecule has 3 nitrogen and oxygen atoms in total. The average molecular weight is 247 g/mol. The van der Waals surface area contributed by atoms with Gasteiger partial charge in [0.25, 0.3) is 0 Å². The molecule has 0 bridgehead atoms. The summed E-state index contributed by atoms with van der Waals surface area (Å²) in [5.74, 6) is 0.262. The van der Waals surface area contributed by atoms with Gasteiger partial charge in [-0.2, -0.15) is 0 Å². The van der Waals surface area contributed by atoms with Gasteiger partial charge in [0, 0.05) is 6.54 Å². The van der Waals surface area contributed by atoms with E-state index in [0.29, 0.717) is 24.3 Å². The molecule has 0 fully saturated rings. The molecule has 0 saturated heterocycles. The fourth-order valence-corrected chi connectivity index (χ4v) is 1.67. The summed E-state index contributed by atoms with van der Waals surface area (Å²) >= 11 is 0. The predicted molar refractivity (Wildman–Crippen MR) is 65.5 cm³/mol. The minimum Gasteiger partial charge on any atom is -0.469 e. The van der Waals surface area contributed by atoms with Crippen LogP contribution in [-0.2, 0) is 17.6 Å². The quantitative estimate of drug-likeness (QED) is 0.881. The molecule has 0 unspecified atom stereocenters. The molecule has 0 saturated carbocycles. The van der Waals surface area contributed by atoms with Gasteiger partial charge in [-0.25, -0.2) is 4.39 Å². The van der Waals surface area contributed by atoms with Crippen molar-refractivity contribution in [1.29, 1.82) is 0 Å². The standard InChI is InChI=1S/C14H14FNO2/c15-13-6-2-1-4-11(13)7-8-16-14(17)10-12-5-3-9-18-12/h1-6,9H,7-8,10H2,(H,16,17). The van der Waals surface area contributed by atoms with E-state index in [4.69, 9.17) is 4.42 Å². The van der Waals surface area contributed by atoms with Crippen molar-refractivity contribution in [2.75, 3.05) is 6.54 Å². The molecular weight excluding hydrogens is 233 g/mol. The Labute approximate surface area is 105 Å². The first-order valence-electron chi connectivity index (χ1n) is 5.78. The highest BCUT2D eigenvalue weighted by molar-refractivity contribution is 5.77. The molecule has 0 spiro atoms. The van der Waals surface area contributed by atoms with Crippen LogP contribution in [0.5, 0.6) is 0 Å². The van der Waals surface area contributed by atoms with Gasteiger partial charge in [0.05, 0.1) is 12.7 Å². The molecule has 0 aliphatic heterocycles. The molecule has 2 aromatic rings.